The summed E-state index contributed by atoms with van der Waals surface area (Å²) in [4.78, 5) is 10.9. The van der Waals surface area contributed by atoms with Crippen molar-refractivity contribution in [2.45, 2.75) is 0 Å². The summed E-state index contributed by atoms with van der Waals surface area (Å²) in [5.74, 6) is 0.665. The fraction of sp³-hybridized carbons (Fsp3) is 0. The third-order valence-electron chi connectivity index (χ3n) is 10.2. The second-order valence-corrected chi connectivity index (χ2v) is 14.1. The molecule has 0 aliphatic rings. The van der Waals surface area contributed by atoms with E-state index in [1.54, 1.807) is 0 Å². The van der Waals surface area contributed by atoms with E-state index in [9.17, 15) is 0 Å². The van der Waals surface area contributed by atoms with Gasteiger partial charge in [0.2, 0.25) is 5.95 Å². The molecule has 4 aromatic heterocycles. The van der Waals surface area contributed by atoms with Gasteiger partial charge in [-0.05, 0) is 53.6 Å². The number of para-hydroxylation sites is 2. The van der Waals surface area contributed by atoms with Crippen molar-refractivity contribution in [3.63, 3.8) is 0 Å². The van der Waals surface area contributed by atoms with E-state index in [2.05, 4.69) is 179 Å². The summed E-state index contributed by atoms with van der Waals surface area (Å²) in [6, 6.07) is 58.3. The minimum absolute atomic E-state index is 0.665. The first-order chi connectivity index (χ1) is 25.3. The van der Waals surface area contributed by atoms with Crippen LogP contribution in [0.5, 0.6) is 0 Å². The highest BCUT2D eigenvalue weighted by Gasteiger charge is 2.23. The van der Waals surface area contributed by atoms with Crippen LogP contribution in [0.2, 0.25) is 0 Å². The van der Waals surface area contributed by atoms with Crippen LogP contribution in [0.4, 0.5) is 0 Å². The molecule has 0 N–H and O–H groups in total. The number of rotatable bonds is 4. The molecule has 0 fully saturated rings. The van der Waals surface area contributed by atoms with E-state index in [1.165, 1.54) is 42.1 Å². The normalized spacial score (nSPS) is 11.9. The Morgan fingerprint density at radius 2 is 1.10 bits per heavy atom. The molecule has 0 bridgehead atoms. The minimum Gasteiger partial charge on any atom is -0.316 e. The first kappa shape index (κ1) is 28.3. The summed E-state index contributed by atoms with van der Waals surface area (Å²) >= 11 is 1.84. The molecule has 51 heavy (non-hydrogen) atoms. The Bertz CT molecular complexity index is 3120. The number of nitrogens with zero attached hydrogens (tertiary/aromatic N) is 4. The molecule has 0 aliphatic heterocycles. The Hall–Kier alpha value is -6.56. The lowest BCUT2D eigenvalue weighted by atomic mass is 10.0. The minimum atomic E-state index is 0.665. The lowest BCUT2D eigenvalue weighted by molar-refractivity contribution is 1.02. The van der Waals surface area contributed by atoms with Gasteiger partial charge in [-0.2, -0.15) is 0 Å². The summed E-state index contributed by atoms with van der Waals surface area (Å²) in [5, 5.41) is 7.06. The van der Waals surface area contributed by atoms with E-state index in [1.807, 2.05) is 11.3 Å². The zero-order valence-corrected chi connectivity index (χ0v) is 28.2. The van der Waals surface area contributed by atoms with Crippen LogP contribution < -0.4 is 0 Å². The predicted octanol–water partition coefficient (Wildman–Crippen LogP) is 12.4. The van der Waals surface area contributed by atoms with E-state index in [0.717, 1.165) is 49.8 Å². The van der Waals surface area contributed by atoms with E-state index in [-0.39, 0.29) is 0 Å². The summed E-state index contributed by atoms with van der Waals surface area (Å²) in [6.45, 7) is 0. The molecule has 0 aliphatic carbocycles. The Morgan fingerprint density at radius 3 is 1.94 bits per heavy atom. The van der Waals surface area contributed by atoms with E-state index < -0.39 is 0 Å². The summed E-state index contributed by atoms with van der Waals surface area (Å²) in [5.41, 5.74) is 9.78. The Labute approximate surface area is 297 Å². The van der Waals surface area contributed by atoms with Gasteiger partial charge in [-0.25, -0.2) is 9.97 Å². The van der Waals surface area contributed by atoms with E-state index in [4.69, 9.17) is 9.97 Å². The van der Waals surface area contributed by atoms with Crippen molar-refractivity contribution in [2.75, 3.05) is 0 Å². The molecule has 7 aromatic carbocycles. The zero-order valence-electron chi connectivity index (χ0n) is 27.4. The van der Waals surface area contributed by atoms with Crippen molar-refractivity contribution >= 4 is 75.1 Å². The number of hydrogen-bond donors (Lipinski definition) is 0. The van der Waals surface area contributed by atoms with Crippen LogP contribution in [-0.2, 0) is 0 Å². The first-order valence-electron chi connectivity index (χ1n) is 17.2. The number of aromatic nitrogens is 4. The van der Waals surface area contributed by atoms with Crippen LogP contribution >= 0.6 is 11.3 Å². The van der Waals surface area contributed by atoms with E-state index in [0.29, 0.717) is 5.95 Å². The molecule has 0 radical (unpaired) electrons. The number of thiophene rings is 1. The molecule has 0 saturated heterocycles. The molecule has 238 valence electrons. The molecule has 11 rings (SSSR count). The van der Waals surface area contributed by atoms with Crippen molar-refractivity contribution in [1.29, 1.82) is 0 Å². The molecule has 0 saturated carbocycles. The summed E-state index contributed by atoms with van der Waals surface area (Å²) < 4.78 is 7.14. The maximum absolute atomic E-state index is 5.51. The largest absolute Gasteiger partial charge is 0.316 e. The molecule has 0 unspecified atom stereocenters. The third-order valence-corrected chi connectivity index (χ3v) is 11.3. The number of hydrogen-bond acceptors (Lipinski definition) is 3. The van der Waals surface area contributed by atoms with Crippen molar-refractivity contribution in [3.8, 4) is 34.0 Å². The second kappa shape index (κ2) is 11.0. The molecule has 0 spiro atoms. The van der Waals surface area contributed by atoms with Crippen molar-refractivity contribution < 1.29 is 0 Å². The monoisotopic (exact) mass is 668 g/mol. The van der Waals surface area contributed by atoms with Gasteiger partial charge in [0, 0.05) is 59.2 Å². The van der Waals surface area contributed by atoms with Gasteiger partial charge < -0.3 is 4.57 Å². The Balaban J connectivity index is 1.26. The quantitative estimate of drug-likeness (QED) is 0.187. The highest BCUT2D eigenvalue weighted by atomic mass is 32.1. The third kappa shape index (κ3) is 4.25. The maximum atomic E-state index is 5.51. The topological polar surface area (TPSA) is 35.6 Å². The highest BCUT2D eigenvalue weighted by Crippen LogP contribution is 2.45. The van der Waals surface area contributed by atoms with Gasteiger partial charge >= 0.3 is 0 Å². The molecule has 11 aromatic rings. The number of fused-ring (bicyclic) bond motifs is 10. The Morgan fingerprint density at radius 1 is 0.431 bits per heavy atom. The summed E-state index contributed by atoms with van der Waals surface area (Å²) in [7, 11) is 0. The zero-order chi connectivity index (χ0) is 33.5. The molecular weight excluding hydrogens is 641 g/mol. The van der Waals surface area contributed by atoms with Gasteiger partial charge in [0.15, 0.2) is 0 Å². The van der Waals surface area contributed by atoms with Gasteiger partial charge in [0.25, 0.3) is 0 Å². The average Bonchev–Trinajstić information content (AvgIpc) is 3.90. The summed E-state index contributed by atoms with van der Waals surface area (Å²) in [6.07, 6.45) is 2.18. The van der Waals surface area contributed by atoms with Gasteiger partial charge in [0.05, 0.1) is 27.8 Å². The molecular formula is C46H28N4S. The van der Waals surface area contributed by atoms with Gasteiger partial charge in [-0.15, -0.1) is 11.3 Å². The molecule has 0 atom stereocenters. The lowest BCUT2D eigenvalue weighted by Crippen LogP contribution is -2.04. The van der Waals surface area contributed by atoms with Crippen molar-refractivity contribution in [2.24, 2.45) is 0 Å². The first-order valence-corrected chi connectivity index (χ1v) is 18.0. The fourth-order valence-corrected chi connectivity index (χ4v) is 8.98. The van der Waals surface area contributed by atoms with Crippen LogP contribution in [0.1, 0.15) is 0 Å². The molecule has 0 amide bonds. The van der Waals surface area contributed by atoms with Crippen LogP contribution in [0.25, 0.3) is 97.8 Å². The van der Waals surface area contributed by atoms with Gasteiger partial charge in [-0.3, -0.25) is 4.57 Å². The molecule has 4 heterocycles. The van der Waals surface area contributed by atoms with Crippen LogP contribution in [0, 0.1) is 0 Å². The highest BCUT2D eigenvalue weighted by molar-refractivity contribution is 7.26. The maximum Gasteiger partial charge on any atom is 0.235 e. The van der Waals surface area contributed by atoms with Crippen molar-refractivity contribution in [1.82, 2.24) is 19.1 Å². The fourth-order valence-electron chi connectivity index (χ4n) is 7.87. The number of benzene rings is 7. The Kier molecular flexibility index (Phi) is 6.09. The smallest absolute Gasteiger partial charge is 0.235 e. The molecule has 4 nitrogen and oxygen atoms in total. The standard InChI is InChI=1S/C46H28N4S/c1-3-11-29(12-4-1)30-19-21-31(22-20-30)43-35-15-7-9-17-38(35)47-46(48-43)50-44-33(23-25-39-36(44)27-28-49(39)32-13-5-2-6-14-32)34-24-26-41-42(45(34)50)37-16-8-10-18-40(37)51-41/h1-28H. The van der Waals surface area contributed by atoms with Crippen LogP contribution in [0.15, 0.2) is 170 Å². The van der Waals surface area contributed by atoms with Gasteiger partial charge in [0.1, 0.15) is 0 Å². The van der Waals surface area contributed by atoms with Crippen LogP contribution in [-0.4, -0.2) is 19.1 Å². The molecule has 5 heteroatoms. The predicted molar refractivity (Wildman–Crippen MR) is 214 cm³/mol. The SMILES string of the molecule is c1ccc(-c2ccc(-c3nc(-n4c5c(ccc6c5ccn6-c5ccccc5)c5ccc6sc7ccccc7c6c54)nc4ccccc34)cc2)cc1. The van der Waals surface area contributed by atoms with Gasteiger partial charge in [-0.1, -0.05) is 121 Å². The van der Waals surface area contributed by atoms with Crippen LogP contribution in [0.3, 0.4) is 0 Å². The van der Waals surface area contributed by atoms with Crippen molar-refractivity contribution in [3.05, 3.63) is 170 Å². The average molecular weight is 669 g/mol. The lowest BCUT2D eigenvalue weighted by Gasteiger charge is -2.13. The second-order valence-electron chi connectivity index (χ2n) is 13.0. The van der Waals surface area contributed by atoms with E-state index >= 15 is 0 Å².